The first-order valence-corrected chi connectivity index (χ1v) is 6.23. The zero-order chi connectivity index (χ0) is 12.3. The van der Waals surface area contributed by atoms with E-state index in [9.17, 15) is 5.11 Å². The number of benzene rings is 1. The Hall–Kier alpha value is -0.900. The smallest absolute Gasteiger partial charge is 0.0679 e. The minimum atomic E-state index is -0.202. The Kier molecular flexibility index (Phi) is 4.15. The van der Waals surface area contributed by atoms with Crippen molar-refractivity contribution in [3.05, 3.63) is 34.9 Å². The van der Waals surface area contributed by atoms with Gasteiger partial charge in [-0.3, -0.25) is 4.90 Å². The molecule has 1 aromatic rings. The van der Waals surface area contributed by atoms with Crippen molar-refractivity contribution >= 4 is 17.8 Å². The van der Waals surface area contributed by atoms with Crippen LogP contribution in [0.4, 0.5) is 0 Å². The van der Waals surface area contributed by atoms with E-state index in [0.29, 0.717) is 5.02 Å². The molecule has 1 aliphatic rings. The molecule has 2 unspecified atom stereocenters. The Morgan fingerprint density at radius 3 is 2.71 bits per heavy atom. The third-order valence-electron chi connectivity index (χ3n) is 3.20. The standard InChI is InChI=1S/C13H17ClN2O/c14-12-3-1-10(2-4-12)11(7-15)8-16-6-5-13(17)9-16/h1-4,7,11,13,15,17H,5-6,8-9H2. The predicted octanol–water partition coefficient (Wildman–Crippen LogP) is 2.14. The van der Waals surface area contributed by atoms with E-state index in [4.69, 9.17) is 17.0 Å². The molecule has 17 heavy (non-hydrogen) atoms. The van der Waals surface area contributed by atoms with Crippen LogP contribution in [0, 0.1) is 5.41 Å². The van der Waals surface area contributed by atoms with Gasteiger partial charge >= 0.3 is 0 Å². The van der Waals surface area contributed by atoms with E-state index < -0.39 is 0 Å². The lowest BCUT2D eigenvalue weighted by molar-refractivity contribution is 0.176. The summed E-state index contributed by atoms with van der Waals surface area (Å²) in [5, 5.41) is 17.7. The molecular formula is C13H17ClN2O. The Morgan fingerprint density at radius 1 is 1.47 bits per heavy atom. The van der Waals surface area contributed by atoms with Crippen molar-refractivity contribution in [1.29, 1.82) is 5.41 Å². The largest absolute Gasteiger partial charge is 0.392 e. The van der Waals surface area contributed by atoms with E-state index in [1.54, 1.807) is 0 Å². The average molecular weight is 253 g/mol. The third kappa shape index (κ3) is 3.28. The summed E-state index contributed by atoms with van der Waals surface area (Å²) in [7, 11) is 0. The van der Waals surface area contributed by atoms with Gasteiger partial charge in [-0.05, 0) is 24.1 Å². The van der Waals surface area contributed by atoms with Gasteiger partial charge in [-0.1, -0.05) is 23.7 Å². The second-order valence-corrected chi connectivity index (χ2v) is 4.96. The number of β-amino-alcohol motifs (C(OH)–C–C–N with tert-alkyl or cyclic N) is 1. The van der Waals surface area contributed by atoms with Crippen LogP contribution in [0.3, 0.4) is 0 Å². The molecule has 0 spiro atoms. The minimum Gasteiger partial charge on any atom is -0.392 e. The molecule has 0 aromatic heterocycles. The topological polar surface area (TPSA) is 47.3 Å². The summed E-state index contributed by atoms with van der Waals surface area (Å²) in [6.45, 7) is 2.43. The molecule has 92 valence electrons. The second-order valence-electron chi connectivity index (χ2n) is 4.53. The van der Waals surface area contributed by atoms with Crippen molar-refractivity contribution in [2.75, 3.05) is 19.6 Å². The van der Waals surface area contributed by atoms with Gasteiger partial charge < -0.3 is 10.5 Å². The number of halogens is 1. The highest BCUT2D eigenvalue weighted by molar-refractivity contribution is 6.30. The molecule has 1 aliphatic heterocycles. The minimum absolute atomic E-state index is 0.0811. The quantitative estimate of drug-likeness (QED) is 0.807. The van der Waals surface area contributed by atoms with Crippen molar-refractivity contribution in [1.82, 2.24) is 4.90 Å². The molecule has 0 aliphatic carbocycles. The van der Waals surface area contributed by atoms with Gasteiger partial charge in [0.1, 0.15) is 0 Å². The Labute approximate surface area is 107 Å². The Morgan fingerprint density at radius 2 is 2.18 bits per heavy atom. The normalized spacial score (nSPS) is 22.6. The maximum atomic E-state index is 9.48. The summed E-state index contributed by atoms with van der Waals surface area (Å²) in [6.07, 6.45) is 2.10. The number of rotatable bonds is 4. The van der Waals surface area contributed by atoms with Crippen molar-refractivity contribution in [3.63, 3.8) is 0 Å². The molecule has 3 nitrogen and oxygen atoms in total. The summed E-state index contributed by atoms with van der Waals surface area (Å²) in [6, 6.07) is 7.63. The average Bonchev–Trinajstić information content (AvgIpc) is 2.73. The van der Waals surface area contributed by atoms with Crippen LogP contribution >= 0.6 is 11.6 Å². The third-order valence-corrected chi connectivity index (χ3v) is 3.45. The zero-order valence-corrected chi connectivity index (χ0v) is 10.4. The van der Waals surface area contributed by atoms with Crippen LogP contribution in [0.15, 0.2) is 24.3 Å². The summed E-state index contributed by atoms with van der Waals surface area (Å²) in [4.78, 5) is 2.20. The van der Waals surface area contributed by atoms with Gasteiger partial charge in [0, 0.05) is 36.8 Å². The molecule has 0 amide bonds. The number of aliphatic hydroxyl groups is 1. The summed E-state index contributed by atoms with van der Waals surface area (Å²) in [5.74, 6) is 0.0811. The molecule has 0 bridgehead atoms. The van der Waals surface area contributed by atoms with Gasteiger partial charge in [-0.25, -0.2) is 0 Å². The van der Waals surface area contributed by atoms with Gasteiger partial charge in [-0.15, -0.1) is 0 Å². The zero-order valence-electron chi connectivity index (χ0n) is 9.64. The molecule has 2 atom stereocenters. The van der Waals surface area contributed by atoms with Gasteiger partial charge in [0.2, 0.25) is 0 Å². The van der Waals surface area contributed by atoms with Crippen LogP contribution in [0.5, 0.6) is 0 Å². The van der Waals surface area contributed by atoms with Crippen LogP contribution in [-0.2, 0) is 0 Å². The van der Waals surface area contributed by atoms with Crippen LogP contribution in [0.2, 0.25) is 5.02 Å². The van der Waals surface area contributed by atoms with E-state index in [1.807, 2.05) is 24.3 Å². The SMILES string of the molecule is N=CC(CN1CCC(O)C1)c1ccc(Cl)cc1. The molecule has 1 fully saturated rings. The molecule has 4 heteroatoms. The van der Waals surface area contributed by atoms with Crippen molar-refractivity contribution in [2.45, 2.75) is 18.4 Å². The lowest BCUT2D eigenvalue weighted by atomic mass is 10.00. The van der Waals surface area contributed by atoms with Crippen LogP contribution in [0.25, 0.3) is 0 Å². The van der Waals surface area contributed by atoms with Gasteiger partial charge in [0.05, 0.1) is 6.10 Å². The number of hydrogen-bond acceptors (Lipinski definition) is 3. The first kappa shape index (κ1) is 12.6. The molecule has 1 saturated heterocycles. The summed E-state index contributed by atoms with van der Waals surface area (Å²) < 4.78 is 0. The van der Waals surface area contributed by atoms with Crippen molar-refractivity contribution in [3.8, 4) is 0 Å². The fourth-order valence-corrected chi connectivity index (χ4v) is 2.35. The highest BCUT2D eigenvalue weighted by atomic mass is 35.5. The molecule has 1 heterocycles. The van der Waals surface area contributed by atoms with Crippen molar-refractivity contribution < 1.29 is 5.11 Å². The highest BCUT2D eigenvalue weighted by Crippen LogP contribution is 2.20. The van der Waals surface area contributed by atoms with Crippen LogP contribution in [-0.4, -0.2) is 42.0 Å². The monoisotopic (exact) mass is 252 g/mol. The molecular weight excluding hydrogens is 236 g/mol. The predicted molar refractivity (Wildman–Crippen MR) is 70.0 cm³/mol. The first-order valence-electron chi connectivity index (χ1n) is 5.85. The number of aliphatic hydroxyl groups excluding tert-OH is 1. The fraction of sp³-hybridized carbons (Fsp3) is 0.462. The summed E-state index contributed by atoms with van der Waals surface area (Å²) in [5.41, 5.74) is 1.10. The first-order chi connectivity index (χ1) is 8.19. The van der Waals surface area contributed by atoms with E-state index in [-0.39, 0.29) is 12.0 Å². The number of nitrogens with one attached hydrogen (secondary N) is 1. The molecule has 0 radical (unpaired) electrons. The highest BCUT2D eigenvalue weighted by Gasteiger charge is 2.22. The number of likely N-dealkylation sites (tertiary alicyclic amines) is 1. The van der Waals surface area contributed by atoms with E-state index in [2.05, 4.69) is 4.90 Å². The lowest BCUT2D eigenvalue weighted by Crippen LogP contribution is -2.28. The lowest BCUT2D eigenvalue weighted by Gasteiger charge is -2.20. The van der Waals surface area contributed by atoms with Gasteiger partial charge in [-0.2, -0.15) is 0 Å². The maximum absolute atomic E-state index is 9.48. The molecule has 2 N–H and O–H groups in total. The number of nitrogens with zero attached hydrogens (tertiary/aromatic N) is 1. The molecule has 0 saturated carbocycles. The number of hydrogen-bond donors (Lipinski definition) is 2. The Bertz CT molecular complexity index is 380. The van der Waals surface area contributed by atoms with Crippen LogP contribution < -0.4 is 0 Å². The van der Waals surface area contributed by atoms with E-state index in [1.165, 1.54) is 6.21 Å². The van der Waals surface area contributed by atoms with E-state index in [0.717, 1.165) is 31.6 Å². The molecule has 2 rings (SSSR count). The summed E-state index contributed by atoms with van der Waals surface area (Å²) >= 11 is 5.85. The van der Waals surface area contributed by atoms with E-state index >= 15 is 0 Å². The fourth-order valence-electron chi connectivity index (χ4n) is 2.22. The van der Waals surface area contributed by atoms with Gasteiger partial charge in [0.15, 0.2) is 0 Å². The van der Waals surface area contributed by atoms with Crippen LogP contribution in [0.1, 0.15) is 17.9 Å². The van der Waals surface area contributed by atoms with Gasteiger partial charge in [0.25, 0.3) is 0 Å². The second kappa shape index (κ2) is 5.63. The van der Waals surface area contributed by atoms with Crippen molar-refractivity contribution in [2.24, 2.45) is 0 Å². The Balaban J connectivity index is 2.01. The maximum Gasteiger partial charge on any atom is 0.0679 e. The molecule has 1 aromatic carbocycles.